The Balaban J connectivity index is 2.92. The highest BCUT2D eigenvalue weighted by Crippen LogP contribution is 2.18. The van der Waals surface area contributed by atoms with Crippen molar-refractivity contribution in [3.05, 3.63) is 29.6 Å². The number of aliphatic hydroxyl groups excluding tert-OH is 1. The van der Waals surface area contributed by atoms with E-state index in [9.17, 15) is 21.6 Å². The molecule has 0 aliphatic carbocycles. The number of halogens is 3. The molecule has 0 fully saturated rings. The summed E-state index contributed by atoms with van der Waals surface area (Å²) in [5, 5.41) is 8.67. The van der Waals surface area contributed by atoms with Crippen molar-refractivity contribution in [1.29, 1.82) is 0 Å². The number of hydrogen-bond donors (Lipinski definition) is 2. The van der Waals surface area contributed by atoms with E-state index >= 15 is 0 Å². The van der Waals surface area contributed by atoms with Crippen LogP contribution in [0.2, 0.25) is 0 Å². The minimum Gasteiger partial charge on any atom is -0.396 e. The van der Waals surface area contributed by atoms with E-state index < -0.39 is 32.4 Å². The summed E-state index contributed by atoms with van der Waals surface area (Å²) in [7, 11) is -4.26. The van der Waals surface area contributed by atoms with E-state index in [-0.39, 0.29) is 25.1 Å². The van der Waals surface area contributed by atoms with Crippen LogP contribution in [0, 0.1) is 23.4 Å². The first kappa shape index (κ1) is 15.9. The lowest BCUT2D eigenvalue weighted by atomic mass is 10.1. The van der Waals surface area contributed by atoms with Gasteiger partial charge in [-0.1, -0.05) is 6.92 Å². The molecule has 0 saturated carbocycles. The Morgan fingerprint density at radius 3 is 2.37 bits per heavy atom. The van der Waals surface area contributed by atoms with E-state index in [0.717, 1.165) is 0 Å². The molecule has 19 heavy (non-hydrogen) atoms. The van der Waals surface area contributed by atoms with Crippen molar-refractivity contribution in [1.82, 2.24) is 4.72 Å². The summed E-state index contributed by atoms with van der Waals surface area (Å²) in [5.74, 6) is -4.43. The average Bonchev–Trinajstić information content (AvgIpc) is 2.31. The molecule has 0 aliphatic rings. The van der Waals surface area contributed by atoms with Gasteiger partial charge >= 0.3 is 0 Å². The molecule has 0 radical (unpaired) electrons. The Morgan fingerprint density at radius 2 is 1.79 bits per heavy atom. The highest BCUT2D eigenvalue weighted by atomic mass is 32.2. The van der Waals surface area contributed by atoms with Crippen molar-refractivity contribution < 1.29 is 26.7 Å². The minimum absolute atomic E-state index is 0.0403. The summed E-state index contributed by atoms with van der Waals surface area (Å²) in [4.78, 5) is -0.942. The highest BCUT2D eigenvalue weighted by molar-refractivity contribution is 7.89. The van der Waals surface area contributed by atoms with Gasteiger partial charge in [0, 0.05) is 19.2 Å². The zero-order chi connectivity index (χ0) is 14.6. The molecule has 0 bridgehead atoms. The monoisotopic (exact) mass is 297 g/mol. The van der Waals surface area contributed by atoms with Gasteiger partial charge in [0.25, 0.3) is 0 Å². The van der Waals surface area contributed by atoms with Crippen molar-refractivity contribution in [2.45, 2.75) is 18.2 Å². The number of aliphatic hydroxyl groups is 1. The second-order valence-corrected chi connectivity index (χ2v) is 5.90. The Bertz CT molecular complexity index is 548. The SMILES string of the molecule is CC(CCO)CNS(=O)(=O)c1cc(F)c(F)cc1F. The molecule has 0 spiro atoms. The molecule has 1 atom stereocenters. The van der Waals surface area contributed by atoms with Crippen LogP contribution in [-0.4, -0.2) is 26.7 Å². The number of benzene rings is 1. The third kappa shape index (κ3) is 4.19. The Hall–Kier alpha value is -1.12. The molecule has 0 aromatic heterocycles. The molecule has 108 valence electrons. The predicted molar refractivity (Wildman–Crippen MR) is 62.4 cm³/mol. The van der Waals surface area contributed by atoms with Crippen LogP contribution in [0.3, 0.4) is 0 Å². The van der Waals surface area contributed by atoms with Gasteiger partial charge in [-0.3, -0.25) is 0 Å². The molecule has 0 saturated heterocycles. The quantitative estimate of drug-likeness (QED) is 0.780. The molecule has 2 N–H and O–H groups in total. The van der Waals surface area contributed by atoms with Crippen molar-refractivity contribution >= 4 is 10.0 Å². The van der Waals surface area contributed by atoms with Crippen LogP contribution in [0.1, 0.15) is 13.3 Å². The zero-order valence-corrected chi connectivity index (χ0v) is 11.0. The van der Waals surface area contributed by atoms with Gasteiger partial charge < -0.3 is 5.11 Å². The lowest BCUT2D eigenvalue weighted by Crippen LogP contribution is -2.29. The van der Waals surface area contributed by atoms with E-state index in [0.29, 0.717) is 12.5 Å². The first-order valence-corrected chi connectivity index (χ1v) is 7.01. The first-order valence-electron chi connectivity index (χ1n) is 5.53. The van der Waals surface area contributed by atoms with E-state index in [1.807, 2.05) is 0 Å². The third-order valence-electron chi connectivity index (χ3n) is 2.51. The highest BCUT2D eigenvalue weighted by Gasteiger charge is 2.22. The summed E-state index contributed by atoms with van der Waals surface area (Å²) in [5.41, 5.74) is 0. The van der Waals surface area contributed by atoms with Crippen LogP contribution in [-0.2, 0) is 10.0 Å². The maximum Gasteiger partial charge on any atom is 0.243 e. The lowest BCUT2D eigenvalue weighted by Gasteiger charge is -2.12. The Kier molecular flexibility index (Phi) is 5.33. The third-order valence-corrected chi connectivity index (χ3v) is 3.95. The van der Waals surface area contributed by atoms with Gasteiger partial charge in [-0.2, -0.15) is 0 Å². The van der Waals surface area contributed by atoms with Gasteiger partial charge in [-0.25, -0.2) is 26.3 Å². The second-order valence-electron chi connectivity index (χ2n) is 4.17. The minimum atomic E-state index is -4.26. The number of rotatable bonds is 6. The van der Waals surface area contributed by atoms with Crippen molar-refractivity contribution in [3.8, 4) is 0 Å². The molecule has 0 heterocycles. The largest absolute Gasteiger partial charge is 0.396 e. The molecule has 1 aromatic carbocycles. The second kappa shape index (κ2) is 6.36. The molecule has 8 heteroatoms. The normalized spacial score (nSPS) is 13.5. The van der Waals surface area contributed by atoms with Crippen LogP contribution in [0.25, 0.3) is 0 Å². The van der Waals surface area contributed by atoms with Gasteiger partial charge in [-0.15, -0.1) is 0 Å². The van der Waals surface area contributed by atoms with E-state index in [1.165, 1.54) is 0 Å². The smallest absolute Gasteiger partial charge is 0.243 e. The molecule has 0 aliphatic heterocycles. The standard InChI is InChI=1S/C11H14F3NO3S/c1-7(2-3-16)6-15-19(17,18)11-5-9(13)8(12)4-10(11)14/h4-5,7,15-16H,2-3,6H2,1H3. The summed E-state index contributed by atoms with van der Waals surface area (Å²) in [6, 6.07) is 0.477. The van der Waals surface area contributed by atoms with Crippen LogP contribution in [0.4, 0.5) is 13.2 Å². The summed E-state index contributed by atoms with van der Waals surface area (Å²) in [6.07, 6.45) is 0.364. The molecule has 4 nitrogen and oxygen atoms in total. The summed E-state index contributed by atoms with van der Waals surface area (Å²) >= 11 is 0. The van der Waals surface area contributed by atoms with Crippen molar-refractivity contribution in [3.63, 3.8) is 0 Å². The summed E-state index contributed by atoms with van der Waals surface area (Å²) in [6.45, 7) is 1.53. The van der Waals surface area contributed by atoms with Crippen LogP contribution in [0.15, 0.2) is 17.0 Å². The molecule has 0 amide bonds. The van der Waals surface area contributed by atoms with Crippen LogP contribution >= 0.6 is 0 Å². The Labute approximate surface area is 109 Å². The van der Waals surface area contributed by atoms with Crippen LogP contribution in [0.5, 0.6) is 0 Å². The molecule has 1 aromatic rings. The average molecular weight is 297 g/mol. The number of sulfonamides is 1. The topological polar surface area (TPSA) is 66.4 Å². The van der Waals surface area contributed by atoms with Crippen LogP contribution < -0.4 is 4.72 Å². The number of hydrogen-bond acceptors (Lipinski definition) is 3. The fourth-order valence-electron chi connectivity index (χ4n) is 1.36. The molecule has 1 rings (SSSR count). The van der Waals surface area contributed by atoms with Gasteiger partial charge in [0.1, 0.15) is 10.7 Å². The Morgan fingerprint density at radius 1 is 1.21 bits per heavy atom. The van der Waals surface area contributed by atoms with Crippen molar-refractivity contribution in [2.24, 2.45) is 5.92 Å². The van der Waals surface area contributed by atoms with Gasteiger partial charge in [-0.05, 0) is 18.4 Å². The molecular formula is C11H14F3NO3S. The molecule has 1 unspecified atom stereocenters. The molecular weight excluding hydrogens is 283 g/mol. The zero-order valence-electron chi connectivity index (χ0n) is 10.2. The van der Waals surface area contributed by atoms with E-state index in [1.54, 1.807) is 6.92 Å². The maximum atomic E-state index is 13.3. The fraction of sp³-hybridized carbons (Fsp3) is 0.455. The van der Waals surface area contributed by atoms with Gasteiger partial charge in [0.2, 0.25) is 10.0 Å². The van der Waals surface area contributed by atoms with Crippen molar-refractivity contribution in [2.75, 3.05) is 13.2 Å². The first-order chi connectivity index (χ1) is 8.77. The van der Waals surface area contributed by atoms with E-state index in [2.05, 4.69) is 4.72 Å². The van der Waals surface area contributed by atoms with Gasteiger partial charge in [0.15, 0.2) is 11.6 Å². The predicted octanol–water partition coefficient (Wildman–Crippen LogP) is 1.40. The lowest BCUT2D eigenvalue weighted by molar-refractivity contribution is 0.263. The fourth-order valence-corrected chi connectivity index (χ4v) is 2.60. The van der Waals surface area contributed by atoms with Gasteiger partial charge in [0.05, 0.1) is 0 Å². The van der Waals surface area contributed by atoms with E-state index in [4.69, 9.17) is 5.11 Å². The number of nitrogens with one attached hydrogen (secondary N) is 1. The maximum absolute atomic E-state index is 13.3. The summed E-state index contributed by atoms with van der Waals surface area (Å²) < 4.78 is 64.5.